The number of aliphatic carboxylic acids is 1. The first-order valence-corrected chi connectivity index (χ1v) is 5.44. The second-order valence-electron chi connectivity index (χ2n) is 3.45. The third-order valence-corrected chi connectivity index (χ3v) is 1.87. The number of allylic oxidation sites excluding steroid dienone is 3. The summed E-state index contributed by atoms with van der Waals surface area (Å²) in [7, 11) is 0. The second-order valence-corrected chi connectivity index (χ2v) is 3.45. The van der Waals surface area contributed by atoms with Crippen molar-refractivity contribution in [3.05, 3.63) is 24.3 Å². The molecule has 0 aromatic rings. The topological polar surface area (TPSA) is 77.8 Å². The summed E-state index contributed by atoms with van der Waals surface area (Å²) >= 11 is 0. The minimum absolute atomic E-state index is 0.0291. The maximum atomic E-state index is 10.2. The van der Waals surface area contributed by atoms with Gasteiger partial charge in [0.25, 0.3) is 0 Å². The number of hydrogen-bond donors (Lipinski definition) is 3. The molecule has 0 bridgehead atoms. The number of hydrogen-bond acceptors (Lipinski definition) is 3. The van der Waals surface area contributed by atoms with Gasteiger partial charge in [0.05, 0.1) is 0 Å². The highest BCUT2D eigenvalue weighted by molar-refractivity contribution is 5.66. The molecule has 0 rings (SSSR count). The predicted molar refractivity (Wildman–Crippen MR) is 68.4 cm³/mol. The number of aliphatic hydroxyl groups is 2. The molecule has 0 aliphatic heterocycles. The van der Waals surface area contributed by atoms with Crippen LogP contribution in [0.15, 0.2) is 24.3 Å². The highest BCUT2D eigenvalue weighted by Gasteiger charge is 2.01. The average Bonchev–Trinajstić information content (AvgIpc) is 2.32. The molecule has 0 heterocycles. The van der Waals surface area contributed by atoms with Gasteiger partial charge in [-0.2, -0.15) is 0 Å². The molecule has 0 radical (unpaired) electrons. The summed E-state index contributed by atoms with van der Waals surface area (Å²) in [5.74, 6) is 6.39. The summed E-state index contributed by atoms with van der Waals surface area (Å²) in [6.07, 6.45) is 10.0. The zero-order valence-corrected chi connectivity index (χ0v) is 9.91. The molecule has 0 aromatic carbocycles. The number of carboxylic acid groups (broad SMARTS) is 1. The van der Waals surface area contributed by atoms with Gasteiger partial charge in [-0.3, -0.25) is 4.79 Å². The molecule has 0 spiro atoms. The molecule has 0 saturated carbocycles. The molecule has 0 aliphatic rings. The second kappa shape index (κ2) is 10.2. The van der Waals surface area contributed by atoms with Gasteiger partial charge in [-0.25, -0.2) is 0 Å². The quantitative estimate of drug-likeness (QED) is 0.478. The molecule has 0 saturated heterocycles. The highest BCUT2D eigenvalue weighted by atomic mass is 16.4. The van der Waals surface area contributed by atoms with E-state index >= 15 is 0 Å². The predicted octanol–water partition coefficient (Wildman–Crippen LogP) is 0.712. The van der Waals surface area contributed by atoms with Crippen molar-refractivity contribution in [2.24, 2.45) is 0 Å². The Labute approximate surface area is 107 Å². The van der Waals surface area contributed by atoms with Crippen molar-refractivity contribution in [1.82, 2.24) is 0 Å². The largest absolute Gasteiger partial charge is 0.481 e. The van der Waals surface area contributed by atoms with E-state index in [1.807, 2.05) is 0 Å². The zero-order chi connectivity index (χ0) is 13.8. The third kappa shape index (κ3) is 10.5. The van der Waals surface area contributed by atoms with Crippen molar-refractivity contribution >= 4 is 5.97 Å². The maximum Gasteiger partial charge on any atom is 0.303 e. The van der Waals surface area contributed by atoms with E-state index in [0.29, 0.717) is 12.8 Å². The van der Waals surface area contributed by atoms with Gasteiger partial charge in [0.2, 0.25) is 0 Å². The fourth-order valence-electron chi connectivity index (χ4n) is 0.992. The molecule has 3 N–H and O–H groups in total. The van der Waals surface area contributed by atoms with Gasteiger partial charge < -0.3 is 15.3 Å². The highest BCUT2D eigenvalue weighted by Crippen LogP contribution is 1.99. The molecule has 0 aromatic heterocycles. The Kier molecular flexibility index (Phi) is 9.03. The van der Waals surface area contributed by atoms with Crippen LogP contribution in [-0.4, -0.2) is 33.5 Å². The monoisotopic (exact) mass is 248 g/mol. The SMILES string of the molecule is C#C[C@@H](O)/C=C/C=C/C#C[C@H](O)CCCC(=O)O. The van der Waals surface area contributed by atoms with Crippen molar-refractivity contribution in [1.29, 1.82) is 0 Å². The van der Waals surface area contributed by atoms with Gasteiger partial charge in [-0.1, -0.05) is 29.9 Å². The molecule has 18 heavy (non-hydrogen) atoms. The number of aliphatic hydroxyl groups excluding tert-OH is 2. The Balaban J connectivity index is 3.89. The molecule has 0 amide bonds. The fourth-order valence-corrected chi connectivity index (χ4v) is 0.992. The average molecular weight is 248 g/mol. The summed E-state index contributed by atoms with van der Waals surface area (Å²) < 4.78 is 0. The molecule has 0 aliphatic carbocycles. The molecule has 2 atom stereocenters. The zero-order valence-electron chi connectivity index (χ0n) is 9.91. The van der Waals surface area contributed by atoms with Crippen LogP contribution in [0.2, 0.25) is 0 Å². The van der Waals surface area contributed by atoms with Crippen LogP contribution in [0.1, 0.15) is 19.3 Å². The van der Waals surface area contributed by atoms with Crippen molar-refractivity contribution in [2.45, 2.75) is 31.5 Å². The van der Waals surface area contributed by atoms with E-state index in [2.05, 4.69) is 17.8 Å². The fraction of sp³-hybridized carbons (Fsp3) is 0.357. The first kappa shape index (κ1) is 16.0. The van der Waals surface area contributed by atoms with E-state index in [1.165, 1.54) is 12.2 Å². The normalized spacial score (nSPS) is 13.8. The lowest BCUT2D eigenvalue weighted by molar-refractivity contribution is -0.137. The third-order valence-electron chi connectivity index (χ3n) is 1.87. The number of terminal acetylenes is 1. The lowest BCUT2D eigenvalue weighted by Crippen LogP contribution is -2.04. The summed E-state index contributed by atoms with van der Waals surface area (Å²) in [5.41, 5.74) is 0. The van der Waals surface area contributed by atoms with Crippen molar-refractivity contribution < 1.29 is 20.1 Å². The van der Waals surface area contributed by atoms with Gasteiger partial charge in [-0.15, -0.1) is 6.42 Å². The lowest BCUT2D eigenvalue weighted by atomic mass is 10.1. The molecule has 96 valence electrons. The van der Waals surface area contributed by atoms with Crippen LogP contribution in [0.25, 0.3) is 0 Å². The number of carbonyl (C=O) groups is 1. The van der Waals surface area contributed by atoms with Gasteiger partial charge in [0.15, 0.2) is 0 Å². The lowest BCUT2D eigenvalue weighted by Gasteiger charge is -1.99. The van der Waals surface area contributed by atoms with Crippen molar-refractivity contribution in [3.63, 3.8) is 0 Å². The molecular formula is C14H16O4. The Bertz CT molecular complexity index is 404. The molecule has 4 nitrogen and oxygen atoms in total. The minimum atomic E-state index is -0.913. The van der Waals surface area contributed by atoms with Crippen LogP contribution >= 0.6 is 0 Å². The van der Waals surface area contributed by atoms with E-state index in [-0.39, 0.29) is 6.42 Å². The Morgan fingerprint density at radius 2 is 2.06 bits per heavy atom. The van der Waals surface area contributed by atoms with E-state index < -0.39 is 18.2 Å². The molecular weight excluding hydrogens is 232 g/mol. The number of carboxylic acids is 1. The Hall–Kier alpha value is -2.01. The van der Waals surface area contributed by atoms with E-state index in [0.717, 1.165) is 0 Å². The van der Waals surface area contributed by atoms with E-state index in [1.54, 1.807) is 12.2 Å². The van der Waals surface area contributed by atoms with Crippen LogP contribution in [0, 0.1) is 24.2 Å². The van der Waals surface area contributed by atoms with Crippen molar-refractivity contribution in [3.8, 4) is 24.2 Å². The summed E-state index contributed by atoms with van der Waals surface area (Å²) in [6.45, 7) is 0. The Morgan fingerprint density at radius 1 is 1.33 bits per heavy atom. The Morgan fingerprint density at radius 3 is 2.67 bits per heavy atom. The van der Waals surface area contributed by atoms with Gasteiger partial charge >= 0.3 is 5.97 Å². The van der Waals surface area contributed by atoms with Crippen molar-refractivity contribution in [2.75, 3.05) is 0 Å². The molecule has 0 unspecified atom stereocenters. The first-order valence-electron chi connectivity index (χ1n) is 5.44. The summed E-state index contributed by atoms with van der Waals surface area (Å²) in [4.78, 5) is 10.2. The first-order chi connectivity index (χ1) is 8.56. The summed E-state index contributed by atoms with van der Waals surface area (Å²) in [6, 6.07) is 0. The maximum absolute atomic E-state index is 10.2. The van der Waals surface area contributed by atoms with Crippen LogP contribution in [-0.2, 0) is 4.79 Å². The molecule has 0 fully saturated rings. The van der Waals surface area contributed by atoms with Crippen LogP contribution in [0.5, 0.6) is 0 Å². The van der Waals surface area contributed by atoms with Gasteiger partial charge in [0.1, 0.15) is 12.2 Å². The minimum Gasteiger partial charge on any atom is -0.481 e. The molecule has 4 heteroatoms. The number of rotatable bonds is 6. The standard InChI is InChI=1S/C14H16O4/c1-2-12(15)8-5-3-4-6-9-13(16)10-7-11-14(17)18/h1,3-5,8,12-13,15-16H,7,10-11H2,(H,17,18)/b4-3+,8-5+/t12-,13+/m1/s1. The van der Waals surface area contributed by atoms with Crippen LogP contribution in [0.3, 0.4) is 0 Å². The smallest absolute Gasteiger partial charge is 0.303 e. The van der Waals surface area contributed by atoms with E-state index in [9.17, 15) is 9.90 Å². The van der Waals surface area contributed by atoms with E-state index in [4.69, 9.17) is 16.6 Å². The van der Waals surface area contributed by atoms with Crippen LogP contribution in [0.4, 0.5) is 0 Å². The summed E-state index contributed by atoms with van der Waals surface area (Å²) in [5, 5.41) is 26.7. The van der Waals surface area contributed by atoms with Gasteiger partial charge in [-0.05, 0) is 25.0 Å². The van der Waals surface area contributed by atoms with Crippen LogP contribution < -0.4 is 0 Å². The van der Waals surface area contributed by atoms with Gasteiger partial charge in [0, 0.05) is 6.42 Å².